The highest BCUT2D eigenvalue weighted by Gasteiger charge is 2.69. The van der Waals surface area contributed by atoms with Crippen molar-refractivity contribution in [1.29, 1.82) is 0 Å². The molecule has 1 aromatic carbocycles. The zero-order valence-electron chi connectivity index (χ0n) is 12.4. The van der Waals surface area contributed by atoms with Gasteiger partial charge in [0.15, 0.2) is 15.2 Å². The molecule has 0 bridgehead atoms. The van der Waals surface area contributed by atoms with Crippen molar-refractivity contribution in [1.82, 2.24) is 4.90 Å². The maximum atomic E-state index is 12.8. The van der Waals surface area contributed by atoms with Crippen LogP contribution in [0.3, 0.4) is 0 Å². The van der Waals surface area contributed by atoms with Crippen molar-refractivity contribution in [3.8, 4) is 0 Å². The van der Waals surface area contributed by atoms with E-state index in [0.29, 0.717) is 11.1 Å². The van der Waals surface area contributed by atoms with E-state index < -0.39 is 25.6 Å². The van der Waals surface area contributed by atoms with Gasteiger partial charge >= 0.3 is 0 Å². The number of alkyl halides is 1. The van der Waals surface area contributed by atoms with E-state index in [1.807, 2.05) is 0 Å². The van der Waals surface area contributed by atoms with Crippen molar-refractivity contribution >= 4 is 37.5 Å². The molecule has 23 heavy (non-hydrogen) atoms. The number of fused-ring (bicyclic) bond motifs is 1. The summed E-state index contributed by atoms with van der Waals surface area (Å²) in [6.07, 6.45) is 0. The van der Waals surface area contributed by atoms with E-state index >= 15 is 0 Å². The van der Waals surface area contributed by atoms with Crippen LogP contribution in [0.4, 0.5) is 0 Å². The van der Waals surface area contributed by atoms with Crippen molar-refractivity contribution in [3.63, 3.8) is 0 Å². The maximum absolute atomic E-state index is 12.8. The molecule has 6 nitrogen and oxygen atoms in total. The largest absolute Gasteiger partial charge is 0.355 e. The summed E-state index contributed by atoms with van der Waals surface area (Å²) >= 11 is 3.08. The molecule has 0 unspecified atom stereocenters. The van der Waals surface area contributed by atoms with E-state index in [1.54, 1.807) is 37.3 Å². The van der Waals surface area contributed by atoms with Crippen LogP contribution in [0.2, 0.25) is 0 Å². The highest BCUT2D eigenvalue weighted by molar-refractivity contribution is 9.10. The third-order valence-electron chi connectivity index (χ3n) is 4.01. The molecular weight excluding hydrogens is 386 g/mol. The molecule has 0 saturated carbocycles. The third kappa shape index (κ3) is 2.20. The Balaban J connectivity index is 2.12. The number of β-lactam (4-membered cyclic amide) rings is 1. The van der Waals surface area contributed by atoms with Crippen molar-refractivity contribution in [3.05, 3.63) is 47.2 Å². The second kappa shape index (κ2) is 5.25. The van der Waals surface area contributed by atoms with Crippen LogP contribution in [0.25, 0.3) is 0 Å². The minimum atomic E-state index is -3.65. The van der Waals surface area contributed by atoms with Crippen LogP contribution in [-0.2, 0) is 19.4 Å². The predicted octanol–water partition coefficient (Wildman–Crippen LogP) is 1.48. The van der Waals surface area contributed by atoms with Gasteiger partial charge < -0.3 is 4.74 Å². The zero-order valence-corrected chi connectivity index (χ0v) is 14.8. The lowest BCUT2D eigenvalue weighted by atomic mass is 9.99. The maximum Gasteiger partial charge on any atom is 0.275 e. The topological polar surface area (TPSA) is 80.8 Å². The Morgan fingerprint density at radius 3 is 2.52 bits per heavy atom. The molecule has 3 rings (SSSR count). The number of carbonyl (C=O) groups excluding carboxylic acids is 2. The first-order chi connectivity index (χ1) is 10.7. The summed E-state index contributed by atoms with van der Waals surface area (Å²) in [6, 6.07) is 8.45. The third-order valence-corrected chi connectivity index (χ3v) is 7.47. The van der Waals surface area contributed by atoms with Crippen LogP contribution >= 0.6 is 15.9 Å². The van der Waals surface area contributed by atoms with Crippen LogP contribution < -0.4 is 0 Å². The summed E-state index contributed by atoms with van der Waals surface area (Å²) in [5.41, 5.74) is 0.874. The van der Waals surface area contributed by atoms with Crippen molar-refractivity contribution < 1.29 is 22.7 Å². The second-order valence-electron chi connectivity index (χ2n) is 5.51. The van der Waals surface area contributed by atoms with Gasteiger partial charge in [-0.2, -0.15) is 0 Å². The lowest BCUT2D eigenvalue weighted by molar-refractivity contribution is -0.163. The molecule has 2 aliphatic rings. The van der Waals surface area contributed by atoms with Gasteiger partial charge in [-0.05, 0) is 28.4 Å². The molecule has 122 valence electrons. The first kappa shape index (κ1) is 16.4. The standard InChI is InChI=1S/C15H14BrNO5S/c1-9-8-23(20,21)14-15(16,22-2)13(19)17(14)11(9)12(18)10-6-4-3-5-7-10/h3-7,14H,8H2,1-2H3/t14-,15+/m1/s1. The van der Waals surface area contributed by atoms with Gasteiger partial charge in [0, 0.05) is 12.7 Å². The normalized spacial score (nSPS) is 29.1. The number of methoxy groups -OCH3 is 1. The molecule has 0 radical (unpaired) electrons. The lowest BCUT2D eigenvalue weighted by Gasteiger charge is -2.53. The van der Waals surface area contributed by atoms with Crippen LogP contribution in [0.15, 0.2) is 41.6 Å². The van der Waals surface area contributed by atoms with Crippen molar-refractivity contribution in [2.45, 2.75) is 16.8 Å². The number of benzene rings is 1. The van der Waals surface area contributed by atoms with Gasteiger partial charge in [0.2, 0.25) is 10.3 Å². The van der Waals surface area contributed by atoms with Gasteiger partial charge in [0.1, 0.15) is 0 Å². The fourth-order valence-corrected chi connectivity index (χ4v) is 6.29. The van der Waals surface area contributed by atoms with E-state index in [0.717, 1.165) is 4.90 Å². The van der Waals surface area contributed by atoms with E-state index in [1.165, 1.54) is 7.11 Å². The highest BCUT2D eigenvalue weighted by atomic mass is 79.9. The summed E-state index contributed by atoms with van der Waals surface area (Å²) in [5, 5.41) is -1.24. The number of allylic oxidation sites excluding steroid dienone is 1. The van der Waals surface area contributed by atoms with E-state index in [2.05, 4.69) is 15.9 Å². The average molecular weight is 400 g/mol. The molecule has 1 amide bonds. The summed E-state index contributed by atoms with van der Waals surface area (Å²) in [6.45, 7) is 1.55. The number of carbonyl (C=O) groups is 2. The Morgan fingerprint density at radius 2 is 1.96 bits per heavy atom. The Hall–Kier alpha value is -1.51. The summed E-state index contributed by atoms with van der Waals surface area (Å²) in [4.78, 5) is 26.2. The molecule has 0 spiro atoms. The number of hydrogen-bond acceptors (Lipinski definition) is 5. The molecule has 0 aliphatic carbocycles. The van der Waals surface area contributed by atoms with Gasteiger partial charge in [-0.1, -0.05) is 30.3 Å². The van der Waals surface area contributed by atoms with Crippen LogP contribution in [0, 0.1) is 0 Å². The number of Topliss-reactive ketones (excluding diaryl/α,β-unsaturated/α-hetero) is 1. The number of hydrogen-bond donors (Lipinski definition) is 0. The molecule has 2 aliphatic heterocycles. The Bertz CT molecular complexity index is 833. The van der Waals surface area contributed by atoms with Gasteiger partial charge in [-0.3, -0.25) is 14.5 Å². The number of nitrogens with zero attached hydrogens (tertiary/aromatic N) is 1. The minimum Gasteiger partial charge on any atom is -0.355 e. The Kier molecular flexibility index (Phi) is 3.74. The molecule has 0 aromatic heterocycles. The SMILES string of the molecule is CO[C@@]1(Br)C(=O)N2C(C(=O)c3ccccc3)=C(C)CS(=O)(=O)[C@@H]21. The van der Waals surface area contributed by atoms with E-state index in [9.17, 15) is 18.0 Å². The molecule has 1 fully saturated rings. The monoisotopic (exact) mass is 399 g/mol. The van der Waals surface area contributed by atoms with Gasteiger partial charge in [-0.15, -0.1) is 0 Å². The zero-order chi connectivity index (χ0) is 17.0. The predicted molar refractivity (Wildman–Crippen MR) is 86.6 cm³/mol. The van der Waals surface area contributed by atoms with Gasteiger partial charge in [0.05, 0.1) is 11.4 Å². The molecule has 2 heterocycles. The summed E-state index contributed by atoms with van der Waals surface area (Å²) in [7, 11) is -2.40. The number of ketones is 1. The molecule has 1 saturated heterocycles. The number of rotatable bonds is 3. The number of halogens is 1. The van der Waals surface area contributed by atoms with E-state index in [-0.39, 0.29) is 17.2 Å². The average Bonchev–Trinajstić information content (AvgIpc) is 2.52. The van der Waals surface area contributed by atoms with Crippen LogP contribution in [-0.4, -0.2) is 47.8 Å². The van der Waals surface area contributed by atoms with Gasteiger partial charge in [0.25, 0.3) is 5.91 Å². The minimum absolute atomic E-state index is 0.119. The highest BCUT2D eigenvalue weighted by Crippen LogP contribution is 2.48. The van der Waals surface area contributed by atoms with Crippen LogP contribution in [0.5, 0.6) is 0 Å². The van der Waals surface area contributed by atoms with Crippen molar-refractivity contribution in [2.75, 3.05) is 12.9 Å². The molecule has 8 heteroatoms. The van der Waals surface area contributed by atoms with Crippen molar-refractivity contribution in [2.24, 2.45) is 0 Å². The second-order valence-corrected chi connectivity index (χ2v) is 8.75. The number of sulfone groups is 1. The quantitative estimate of drug-likeness (QED) is 0.436. The molecule has 2 atom stereocenters. The first-order valence-corrected chi connectivity index (χ1v) is 9.33. The molecule has 1 aromatic rings. The molecular formula is C15H14BrNO5S. The first-order valence-electron chi connectivity index (χ1n) is 6.83. The smallest absolute Gasteiger partial charge is 0.275 e. The fourth-order valence-electron chi connectivity index (χ4n) is 2.96. The Labute approximate surface area is 142 Å². The van der Waals surface area contributed by atoms with E-state index in [4.69, 9.17) is 4.74 Å². The number of amides is 1. The molecule has 0 N–H and O–H groups in total. The lowest BCUT2D eigenvalue weighted by Crippen LogP contribution is -2.75. The summed E-state index contributed by atoms with van der Waals surface area (Å²) < 4.78 is 28.3. The summed E-state index contributed by atoms with van der Waals surface area (Å²) in [5.74, 6) is -1.25. The fraction of sp³-hybridized carbons (Fsp3) is 0.333. The number of ether oxygens (including phenoxy) is 1. The van der Waals surface area contributed by atoms with Gasteiger partial charge in [-0.25, -0.2) is 8.42 Å². The van der Waals surface area contributed by atoms with Crippen LogP contribution in [0.1, 0.15) is 17.3 Å². The Morgan fingerprint density at radius 1 is 1.35 bits per heavy atom.